The summed E-state index contributed by atoms with van der Waals surface area (Å²) < 4.78 is 0. The number of likely N-dealkylation sites (N-methyl/N-ethyl adjacent to an activating group) is 1. The van der Waals surface area contributed by atoms with Crippen LogP contribution < -0.4 is 22.1 Å². The average Bonchev–Trinajstić information content (AvgIpc) is 3.03. The molecule has 9 nitrogen and oxygen atoms in total. The summed E-state index contributed by atoms with van der Waals surface area (Å²) in [6.45, 7) is 8.22. The fourth-order valence-electron chi connectivity index (χ4n) is 5.26. The van der Waals surface area contributed by atoms with E-state index in [0.717, 1.165) is 84.5 Å². The van der Waals surface area contributed by atoms with Crippen LogP contribution in [-0.4, -0.2) is 99.6 Å². The van der Waals surface area contributed by atoms with E-state index in [9.17, 15) is 4.79 Å². The van der Waals surface area contributed by atoms with Gasteiger partial charge in [-0.2, -0.15) is 0 Å². The zero-order valence-corrected chi connectivity index (χ0v) is 27.0. The van der Waals surface area contributed by atoms with Gasteiger partial charge in [-0.05, 0) is 82.9 Å². The lowest BCUT2D eigenvalue weighted by Crippen LogP contribution is -2.44. The molecule has 2 rings (SSSR count). The molecule has 0 aliphatic heterocycles. The van der Waals surface area contributed by atoms with Gasteiger partial charge in [0.05, 0.1) is 6.04 Å². The number of rotatable bonds is 23. The molecular formula is C34H58N8O. The minimum atomic E-state index is -0.214. The molecule has 6 N–H and O–H groups in total. The van der Waals surface area contributed by atoms with Crippen molar-refractivity contribution in [1.29, 1.82) is 0 Å². The fourth-order valence-corrected chi connectivity index (χ4v) is 5.26. The van der Waals surface area contributed by atoms with Gasteiger partial charge in [-0.15, -0.1) is 0 Å². The Morgan fingerprint density at radius 1 is 0.791 bits per heavy atom. The van der Waals surface area contributed by atoms with Gasteiger partial charge in [0.15, 0.2) is 5.96 Å². The summed E-state index contributed by atoms with van der Waals surface area (Å²) in [5.41, 5.74) is 14.3. The average molecular weight is 595 g/mol. The molecule has 0 aliphatic rings. The van der Waals surface area contributed by atoms with Gasteiger partial charge in [-0.3, -0.25) is 19.6 Å². The van der Waals surface area contributed by atoms with Gasteiger partial charge >= 0.3 is 0 Å². The fraction of sp³-hybridized carbons (Fsp3) is 0.588. The summed E-state index contributed by atoms with van der Waals surface area (Å²) in [5, 5.41) is 6.32. The maximum atomic E-state index is 12.8. The first kappa shape index (κ1) is 36.2. The van der Waals surface area contributed by atoms with E-state index in [4.69, 9.17) is 11.5 Å². The molecule has 0 radical (unpaired) electrons. The first-order valence-corrected chi connectivity index (χ1v) is 16.1. The monoisotopic (exact) mass is 594 g/mol. The van der Waals surface area contributed by atoms with Crippen LogP contribution in [-0.2, 0) is 17.9 Å². The molecule has 0 aromatic heterocycles. The molecular weight excluding hydrogens is 536 g/mol. The number of hydrogen-bond donors (Lipinski definition) is 4. The second kappa shape index (κ2) is 22.5. The van der Waals surface area contributed by atoms with Crippen molar-refractivity contribution in [3.8, 4) is 0 Å². The summed E-state index contributed by atoms with van der Waals surface area (Å²) in [6.07, 6.45) is 7.07. The van der Waals surface area contributed by atoms with Crippen LogP contribution >= 0.6 is 0 Å². The Bertz CT molecular complexity index is 1000. The first-order valence-electron chi connectivity index (χ1n) is 16.1. The highest BCUT2D eigenvalue weighted by Gasteiger charge is 2.16. The lowest BCUT2D eigenvalue weighted by molar-refractivity contribution is -0.123. The molecule has 0 saturated heterocycles. The molecule has 1 amide bonds. The normalized spacial score (nSPS) is 12.6. The number of benzene rings is 2. The Kier molecular flexibility index (Phi) is 19.0. The van der Waals surface area contributed by atoms with E-state index in [1.54, 1.807) is 7.05 Å². The Hall–Kier alpha value is -2.98. The zero-order valence-electron chi connectivity index (χ0n) is 27.0. The zero-order chi connectivity index (χ0) is 31.1. The van der Waals surface area contributed by atoms with E-state index in [1.807, 2.05) is 19.0 Å². The van der Waals surface area contributed by atoms with Crippen LogP contribution in [0.5, 0.6) is 0 Å². The van der Waals surface area contributed by atoms with Gasteiger partial charge < -0.3 is 27.0 Å². The topological polar surface area (TPSA) is 115 Å². The van der Waals surface area contributed by atoms with Gasteiger partial charge in [-0.25, -0.2) is 0 Å². The highest BCUT2D eigenvalue weighted by Crippen LogP contribution is 2.10. The number of unbranched alkanes of at least 4 members (excludes halogenated alkanes) is 2. The van der Waals surface area contributed by atoms with Crippen molar-refractivity contribution in [3.63, 3.8) is 0 Å². The molecule has 240 valence electrons. The van der Waals surface area contributed by atoms with Gasteiger partial charge in [0.25, 0.3) is 0 Å². The molecule has 0 fully saturated rings. The molecule has 1 unspecified atom stereocenters. The van der Waals surface area contributed by atoms with Crippen LogP contribution in [0.25, 0.3) is 0 Å². The van der Waals surface area contributed by atoms with E-state index >= 15 is 0 Å². The van der Waals surface area contributed by atoms with Crippen LogP contribution in [0.1, 0.15) is 56.1 Å². The van der Waals surface area contributed by atoms with Crippen LogP contribution in [0, 0.1) is 0 Å². The predicted molar refractivity (Wildman–Crippen MR) is 181 cm³/mol. The largest absolute Gasteiger partial charge is 0.370 e. The van der Waals surface area contributed by atoms with Crippen molar-refractivity contribution in [3.05, 3.63) is 71.8 Å². The smallest absolute Gasteiger partial charge is 0.237 e. The summed E-state index contributed by atoms with van der Waals surface area (Å²) in [5.74, 6) is 0.569. The van der Waals surface area contributed by atoms with E-state index in [-0.39, 0.29) is 11.9 Å². The van der Waals surface area contributed by atoms with Gasteiger partial charge in [0.1, 0.15) is 0 Å². The van der Waals surface area contributed by atoms with E-state index in [0.29, 0.717) is 12.5 Å². The Labute approximate surface area is 261 Å². The SMILES string of the molecule is CN=C(N)N(C)CCCC(NC)C(=O)NCCCN(CCCN(CCCCCN)Cc1ccccc1)Cc1ccccc1. The third-order valence-electron chi connectivity index (χ3n) is 7.85. The molecule has 1 atom stereocenters. The van der Waals surface area contributed by atoms with Crippen LogP contribution in [0.3, 0.4) is 0 Å². The number of carbonyl (C=O) groups is 1. The molecule has 0 bridgehead atoms. The van der Waals surface area contributed by atoms with Crippen molar-refractivity contribution in [2.45, 2.75) is 64.1 Å². The van der Waals surface area contributed by atoms with Crippen LogP contribution in [0.2, 0.25) is 0 Å². The molecule has 0 spiro atoms. The minimum Gasteiger partial charge on any atom is -0.370 e. The van der Waals surface area contributed by atoms with Gasteiger partial charge in [0.2, 0.25) is 5.91 Å². The lowest BCUT2D eigenvalue weighted by Gasteiger charge is -2.26. The highest BCUT2D eigenvalue weighted by molar-refractivity contribution is 5.81. The number of nitrogens with two attached hydrogens (primary N) is 2. The summed E-state index contributed by atoms with van der Waals surface area (Å²) in [6, 6.07) is 21.2. The second-order valence-electron chi connectivity index (χ2n) is 11.4. The minimum absolute atomic E-state index is 0.0584. The number of nitrogens with one attached hydrogen (secondary N) is 2. The highest BCUT2D eigenvalue weighted by atomic mass is 16.2. The molecule has 43 heavy (non-hydrogen) atoms. The van der Waals surface area contributed by atoms with Crippen molar-refractivity contribution < 1.29 is 4.79 Å². The molecule has 2 aromatic carbocycles. The number of amides is 1. The van der Waals surface area contributed by atoms with Crippen LogP contribution in [0.4, 0.5) is 0 Å². The van der Waals surface area contributed by atoms with Crippen molar-refractivity contribution in [2.24, 2.45) is 16.5 Å². The quantitative estimate of drug-likeness (QED) is 0.0887. The molecule has 0 aliphatic carbocycles. The lowest BCUT2D eigenvalue weighted by atomic mass is 10.1. The van der Waals surface area contributed by atoms with Crippen molar-refractivity contribution >= 4 is 11.9 Å². The predicted octanol–water partition coefficient (Wildman–Crippen LogP) is 3.26. The number of guanidine groups is 1. The summed E-state index contributed by atoms with van der Waals surface area (Å²) >= 11 is 0. The van der Waals surface area contributed by atoms with Gasteiger partial charge in [-0.1, -0.05) is 67.1 Å². The summed E-state index contributed by atoms with van der Waals surface area (Å²) in [7, 11) is 5.45. The van der Waals surface area contributed by atoms with Gasteiger partial charge in [0, 0.05) is 46.8 Å². The second-order valence-corrected chi connectivity index (χ2v) is 11.4. The van der Waals surface area contributed by atoms with E-state index in [2.05, 4.69) is 86.1 Å². The first-order chi connectivity index (χ1) is 21.0. The molecule has 9 heteroatoms. The Morgan fingerprint density at radius 2 is 1.35 bits per heavy atom. The number of carbonyl (C=O) groups excluding carboxylic acids is 1. The number of hydrogen-bond acceptors (Lipinski definition) is 6. The Balaban J connectivity index is 1.84. The van der Waals surface area contributed by atoms with Crippen LogP contribution in [0.15, 0.2) is 65.7 Å². The third kappa shape index (κ3) is 15.9. The summed E-state index contributed by atoms with van der Waals surface area (Å²) in [4.78, 5) is 23.9. The standard InChI is InChI=1S/C34H58N8O/c1-37-32(20-13-23-40(3)34(36)38-2)33(43)39-22-14-25-42(29-31-18-9-5-10-19-31)27-15-26-41(24-12-6-11-21-35)28-30-16-7-4-8-17-30/h4-5,7-10,16-19,32,37H,6,11-15,20-29,35H2,1-3H3,(H2,36,38)(H,39,43). The van der Waals surface area contributed by atoms with E-state index in [1.165, 1.54) is 24.0 Å². The number of nitrogens with zero attached hydrogens (tertiary/aromatic N) is 4. The number of aliphatic imine (C=N–C) groups is 1. The third-order valence-corrected chi connectivity index (χ3v) is 7.85. The Morgan fingerprint density at radius 3 is 1.88 bits per heavy atom. The molecule has 0 heterocycles. The molecule has 2 aromatic rings. The van der Waals surface area contributed by atoms with Crippen molar-refractivity contribution in [2.75, 3.05) is 67.0 Å². The molecule has 0 saturated carbocycles. The maximum Gasteiger partial charge on any atom is 0.237 e. The van der Waals surface area contributed by atoms with Crippen molar-refractivity contribution in [1.82, 2.24) is 25.3 Å². The maximum absolute atomic E-state index is 12.8. The van der Waals surface area contributed by atoms with E-state index < -0.39 is 0 Å².